The molecule has 1 unspecified atom stereocenters. The van der Waals surface area contributed by atoms with Crippen LogP contribution in [0.1, 0.15) is 53.9 Å². The summed E-state index contributed by atoms with van der Waals surface area (Å²) in [5, 5.41) is 10.0. The quantitative estimate of drug-likeness (QED) is 0.223. The topological polar surface area (TPSA) is 79.7 Å². The molecule has 0 aliphatic carbocycles. The predicted molar refractivity (Wildman–Crippen MR) is 148 cm³/mol. The van der Waals surface area contributed by atoms with Crippen molar-refractivity contribution in [3.8, 4) is 5.75 Å². The maximum Gasteiger partial charge on any atom is 0.331 e. The normalized spacial score (nSPS) is 15.1. The number of unbranched alkanes of at least 4 members (excludes halogenated alkanes) is 2. The van der Waals surface area contributed by atoms with Crippen molar-refractivity contribution in [1.29, 1.82) is 0 Å². The predicted octanol–water partition coefficient (Wildman–Crippen LogP) is 6.48. The van der Waals surface area contributed by atoms with Gasteiger partial charge in [0.25, 0.3) is 0 Å². The molecule has 4 rings (SSSR count). The molecule has 194 valence electrons. The fraction of sp³-hybridized carbons (Fsp3) is 0.345. The molecular formula is C29H32N2O4S2. The van der Waals surface area contributed by atoms with Gasteiger partial charge in [0.15, 0.2) is 10.4 Å². The summed E-state index contributed by atoms with van der Waals surface area (Å²) in [4.78, 5) is 33.5. The Labute approximate surface area is 226 Å². The minimum atomic E-state index is -1.03. The van der Waals surface area contributed by atoms with Gasteiger partial charge in [-0.25, -0.2) is 9.78 Å². The Kier molecular flexibility index (Phi) is 9.41. The molecule has 2 heterocycles. The second-order valence-electron chi connectivity index (χ2n) is 8.93. The Morgan fingerprint density at radius 2 is 2.05 bits per heavy atom. The summed E-state index contributed by atoms with van der Waals surface area (Å²) in [6.07, 6.45) is 7.55. The molecule has 0 bridgehead atoms. The van der Waals surface area contributed by atoms with E-state index in [1.165, 1.54) is 15.9 Å². The highest BCUT2D eigenvalue weighted by Gasteiger charge is 2.35. The number of carbonyl (C=O) groups excluding carboxylic acids is 1. The fourth-order valence-corrected chi connectivity index (χ4v) is 6.52. The van der Waals surface area contributed by atoms with Crippen LogP contribution >= 0.6 is 23.1 Å². The van der Waals surface area contributed by atoms with Crippen molar-refractivity contribution in [2.45, 2.75) is 61.2 Å². The monoisotopic (exact) mass is 536 g/mol. The number of hydrogen-bond donors (Lipinski definition) is 1. The van der Waals surface area contributed by atoms with Crippen LogP contribution in [-0.2, 0) is 22.4 Å². The molecule has 0 fully saturated rings. The van der Waals surface area contributed by atoms with Crippen LogP contribution in [0.5, 0.6) is 5.75 Å². The van der Waals surface area contributed by atoms with Gasteiger partial charge in [-0.3, -0.25) is 4.79 Å². The average molecular weight is 537 g/mol. The van der Waals surface area contributed by atoms with Crippen molar-refractivity contribution in [2.75, 3.05) is 13.2 Å². The first-order valence-electron chi connectivity index (χ1n) is 12.6. The number of ether oxygens (including phenoxy) is 1. The van der Waals surface area contributed by atoms with Gasteiger partial charge in [-0.2, -0.15) is 0 Å². The van der Waals surface area contributed by atoms with Gasteiger partial charge in [-0.1, -0.05) is 61.9 Å². The van der Waals surface area contributed by atoms with Gasteiger partial charge >= 0.3 is 5.97 Å². The van der Waals surface area contributed by atoms with Gasteiger partial charge in [-0.05, 0) is 61.2 Å². The highest BCUT2D eigenvalue weighted by Crippen LogP contribution is 2.35. The summed E-state index contributed by atoms with van der Waals surface area (Å²) in [6.45, 7) is 4.95. The summed E-state index contributed by atoms with van der Waals surface area (Å²) in [7, 11) is 0. The summed E-state index contributed by atoms with van der Waals surface area (Å²) in [5.41, 5.74) is 2.58. The van der Waals surface area contributed by atoms with E-state index < -0.39 is 12.0 Å². The average Bonchev–Trinajstić information content (AvgIpc) is 3.24. The standard InChI is InChI=1S/C29H32N2O4S2/c1-3-4-5-9-12-26(32)31-17-15-21-13-14-22(19-24(21)27(31)28(33)34)35-18-16-25-20(2)30-29(37-25)36-23-10-7-6-8-11-23/h6-14,19,27H,3-5,15-18H2,1-2H3,(H,33,34). The number of aryl methyl sites for hydroxylation is 1. The Hall–Kier alpha value is -3.10. The van der Waals surface area contributed by atoms with Crippen molar-refractivity contribution in [1.82, 2.24) is 9.88 Å². The molecule has 1 amide bonds. The number of fused-ring (bicyclic) bond motifs is 1. The van der Waals surface area contributed by atoms with E-state index in [2.05, 4.69) is 19.1 Å². The lowest BCUT2D eigenvalue weighted by molar-refractivity contribution is -0.149. The highest BCUT2D eigenvalue weighted by molar-refractivity contribution is 8.01. The van der Waals surface area contributed by atoms with E-state index in [0.29, 0.717) is 37.3 Å². The summed E-state index contributed by atoms with van der Waals surface area (Å²) < 4.78 is 7.04. The molecular weight excluding hydrogens is 504 g/mol. The summed E-state index contributed by atoms with van der Waals surface area (Å²) >= 11 is 3.33. The molecule has 1 aliphatic heterocycles. The number of hydrogen-bond acceptors (Lipinski definition) is 6. The largest absolute Gasteiger partial charge is 0.493 e. The molecule has 0 radical (unpaired) electrons. The van der Waals surface area contributed by atoms with Crippen molar-refractivity contribution in [3.63, 3.8) is 0 Å². The minimum absolute atomic E-state index is 0.259. The van der Waals surface area contributed by atoms with Gasteiger partial charge in [0, 0.05) is 22.7 Å². The molecule has 1 aliphatic rings. The molecule has 0 spiro atoms. The van der Waals surface area contributed by atoms with Crippen LogP contribution in [0.15, 0.2) is 69.9 Å². The fourth-order valence-electron chi connectivity index (χ4n) is 4.32. The number of carboxylic acid groups (broad SMARTS) is 1. The smallest absolute Gasteiger partial charge is 0.331 e. The minimum Gasteiger partial charge on any atom is -0.493 e. The van der Waals surface area contributed by atoms with E-state index >= 15 is 0 Å². The van der Waals surface area contributed by atoms with Gasteiger partial charge in [0.1, 0.15) is 5.75 Å². The lowest BCUT2D eigenvalue weighted by Crippen LogP contribution is -2.42. The zero-order valence-electron chi connectivity index (χ0n) is 21.2. The van der Waals surface area contributed by atoms with Crippen molar-refractivity contribution < 1.29 is 19.4 Å². The van der Waals surface area contributed by atoms with Crippen molar-refractivity contribution >= 4 is 35.0 Å². The van der Waals surface area contributed by atoms with E-state index in [1.807, 2.05) is 43.3 Å². The van der Waals surface area contributed by atoms with Crippen LogP contribution in [0.3, 0.4) is 0 Å². The lowest BCUT2D eigenvalue weighted by atomic mass is 9.92. The highest BCUT2D eigenvalue weighted by atomic mass is 32.2. The van der Waals surface area contributed by atoms with Crippen LogP contribution in [0, 0.1) is 6.92 Å². The van der Waals surface area contributed by atoms with E-state index in [0.717, 1.165) is 39.8 Å². The third-order valence-electron chi connectivity index (χ3n) is 6.27. The molecule has 0 saturated heterocycles. The third-order valence-corrected chi connectivity index (χ3v) is 8.55. The van der Waals surface area contributed by atoms with Crippen LogP contribution in [-0.4, -0.2) is 40.0 Å². The second kappa shape index (κ2) is 12.9. The molecule has 8 heteroatoms. The number of benzene rings is 2. The Balaban J connectivity index is 1.41. The van der Waals surface area contributed by atoms with Crippen LogP contribution < -0.4 is 4.74 Å². The zero-order valence-corrected chi connectivity index (χ0v) is 22.8. The van der Waals surface area contributed by atoms with Crippen LogP contribution in [0.4, 0.5) is 0 Å². The molecule has 0 saturated carbocycles. The maximum atomic E-state index is 12.8. The number of carbonyl (C=O) groups is 2. The lowest BCUT2D eigenvalue weighted by Gasteiger charge is -2.34. The summed E-state index contributed by atoms with van der Waals surface area (Å²) in [5.74, 6) is -0.679. The maximum absolute atomic E-state index is 12.8. The second-order valence-corrected chi connectivity index (χ2v) is 11.3. The first kappa shape index (κ1) is 26.9. The van der Waals surface area contributed by atoms with Gasteiger partial charge in [-0.15, -0.1) is 11.3 Å². The first-order valence-corrected chi connectivity index (χ1v) is 14.2. The van der Waals surface area contributed by atoms with E-state index in [9.17, 15) is 14.7 Å². The van der Waals surface area contributed by atoms with Crippen LogP contribution in [0.25, 0.3) is 0 Å². The molecule has 1 N–H and O–H groups in total. The number of nitrogens with zero attached hydrogens (tertiary/aromatic N) is 2. The third kappa shape index (κ3) is 7.02. The van der Waals surface area contributed by atoms with E-state index in [4.69, 9.17) is 9.72 Å². The summed E-state index contributed by atoms with van der Waals surface area (Å²) in [6, 6.07) is 14.8. The number of aromatic nitrogens is 1. The van der Waals surface area contributed by atoms with Gasteiger partial charge in [0.05, 0.1) is 12.3 Å². The Morgan fingerprint density at radius 1 is 1.24 bits per heavy atom. The molecule has 1 aromatic heterocycles. The van der Waals surface area contributed by atoms with E-state index in [-0.39, 0.29) is 5.91 Å². The number of amides is 1. The molecule has 2 aromatic carbocycles. The molecule has 6 nitrogen and oxygen atoms in total. The molecule has 37 heavy (non-hydrogen) atoms. The number of allylic oxidation sites excluding steroid dienone is 1. The van der Waals surface area contributed by atoms with Crippen LogP contribution in [0.2, 0.25) is 0 Å². The molecule has 3 aromatic rings. The SMILES string of the molecule is CCCCC=CC(=O)N1CCc2ccc(OCCc3sc(Sc4ccccc4)nc3C)cc2C1C(=O)O. The van der Waals surface area contributed by atoms with Gasteiger partial charge < -0.3 is 14.7 Å². The first-order chi connectivity index (χ1) is 18.0. The number of rotatable bonds is 11. The Morgan fingerprint density at radius 3 is 2.81 bits per heavy atom. The zero-order chi connectivity index (χ0) is 26.2. The van der Waals surface area contributed by atoms with E-state index in [1.54, 1.807) is 29.2 Å². The van der Waals surface area contributed by atoms with Gasteiger partial charge in [0.2, 0.25) is 5.91 Å². The van der Waals surface area contributed by atoms with Crippen molar-refractivity contribution in [3.05, 3.63) is 82.4 Å². The number of carboxylic acids is 1. The number of thiazole rings is 1. The van der Waals surface area contributed by atoms with Crippen molar-refractivity contribution in [2.24, 2.45) is 0 Å². The molecule has 1 atom stereocenters. The Bertz CT molecular complexity index is 1260. The number of aliphatic carboxylic acids is 1.